The number of rotatable bonds is 3. The van der Waals surface area contributed by atoms with E-state index < -0.39 is 5.69 Å². The van der Waals surface area contributed by atoms with Crippen LogP contribution in [-0.4, -0.2) is 25.8 Å². The summed E-state index contributed by atoms with van der Waals surface area (Å²) in [7, 11) is 6.51. The molecule has 2 heterocycles. The molecule has 136 valence electrons. The van der Waals surface area contributed by atoms with E-state index in [1.54, 1.807) is 25.8 Å². The van der Waals surface area contributed by atoms with Crippen molar-refractivity contribution in [3.63, 3.8) is 0 Å². The zero-order chi connectivity index (χ0) is 19.2. The molecule has 7 heteroatoms. The fourth-order valence-corrected chi connectivity index (χ4v) is 3.07. The minimum atomic E-state index is -0.391. The summed E-state index contributed by atoms with van der Waals surface area (Å²) in [6, 6.07) is 3.91. The summed E-state index contributed by atoms with van der Waals surface area (Å²) in [4.78, 5) is 29.0. The Labute approximate surface area is 150 Å². The highest BCUT2D eigenvalue weighted by Crippen LogP contribution is 2.25. The number of aromatic nitrogens is 4. The second kappa shape index (κ2) is 6.33. The number of hydrogen-bond donors (Lipinski definition) is 0. The van der Waals surface area contributed by atoms with Gasteiger partial charge in [0.05, 0.1) is 7.11 Å². The molecule has 0 unspecified atom stereocenters. The lowest BCUT2D eigenvalue weighted by molar-refractivity contribution is 0.411. The van der Waals surface area contributed by atoms with Gasteiger partial charge in [0, 0.05) is 21.1 Å². The van der Waals surface area contributed by atoms with E-state index in [0.29, 0.717) is 17.0 Å². The quantitative estimate of drug-likeness (QED) is 0.719. The first-order valence-corrected chi connectivity index (χ1v) is 8.22. The summed E-state index contributed by atoms with van der Waals surface area (Å²) < 4.78 is 9.53. The molecule has 0 aliphatic rings. The van der Waals surface area contributed by atoms with Crippen molar-refractivity contribution < 1.29 is 4.74 Å². The number of fused-ring (bicyclic) bond motifs is 1. The molecule has 0 aliphatic heterocycles. The van der Waals surface area contributed by atoms with Gasteiger partial charge in [-0.2, -0.15) is 0 Å². The highest BCUT2D eigenvalue weighted by molar-refractivity contribution is 5.77. The fraction of sp³-hybridized carbons (Fsp3) is 0.316. The second-order valence-corrected chi connectivity index (χ2v) is 6.35. The molecule has 0 N–H and O–H groups in total. The van der Waals surface area contributed by atoms with Crippen LogP contribution in [0.15, 0.2) is 21.7 Å². The average molecular weight is 354 g/mol. The maximum absolute atomic E-state index is 12.4. The lowest BCUT2D eigenvalue weighted by atomic mass is 10.0. The summed E-state index contributed by atoms with van der Waals surface area (Å²) in [6.07, 6.45) is 3.80. The predicted octanol–water partition coefficient (Wildman–Crippen LogP) is 1.77. The third-order valence-corrected chi connectivity index (χ3v) is 4.92. The van der Waals surface area contributed by atoms with Crippen molar-refractivity contribution in [1.82, 2.24) is 18.7 Å². The molecule has 0 saturated carbocycles. The monoisotopic (exact) mass is 354 g/mol. The minimum Gasteiger partial charge on any atom is -0.496 e. The smallest absolute Gasteiger partial charge is 0.332 e. The minimum absolute atomic E-state index is 0.353. The van der Waals surface area contributed by atoms with Crippen LogP contribution in [0.5, 0.6) is 5.75 Å². The van der Waals surface area contributed by atoms with Crippen molar-refractivity contribution in [3.8, 4) is 5.75 Å². The fourth-order valence-electron chi connectivity index (χ4n) is 3.07. The van der Waals surface area contributed by atoms with Gasteiger partial charge in [-0.05, 0) is 42.7 Å². The third kappa shape index (κ3) is 2.56. The molecule has 3 aromatic rings. The van der Waals surface area contributed by atoms with E-state index in [1.807, 2.05) is 38.1 Å². The topological polar surface area (TPSA) is 71.1 Å². The van der Waals surface area contributed by atoms with Gasteiger partial charge in [-0.15, -0.1) is 0 Å². The average Bonchev–Trinajstić information content (AvgIpc) is 2.96. The van der Waals surface area contributed by atoms with Crippen LogP contribution >= 0.6 is 0 Å². The Balaban J connectivity index is 2.15. The molecule has 7 nitrogen and oxygen atoms in total. The van der Waals surface area contributed by atoms with Crippen molar-refractivity contribution in [2.75, 3.05) is 7.11 Å². The van der Waals surface area contributed by atoms with E-state index in [4.69, 9.17) is 4.74 Å². The molecule has 0 atom stereocenters. The number of ether oxygens (including phenoxy) is 1. The third-order valence-electron chi connectivity index (χ3n) is 4.92. The van der Waals surface area contributed by atoms with Gasteiger partial charge in [-0.1, -0.05) is 12.1 Å². The molecule has 2 aromatic heterocycles. The van der Waals surface area contributed by atoms with Crippen molar-refractivity contribution in [3.05, 3.63) is 55.5 Å². The molecule has 0 fully saturated rings. The molecule has 0 radical (unpaired) electrons. The number of benzene rings is 1. The number of nitrogens with zero attached hydrogens (tertiary/aromatic N) is 4. The van der Waals surface area contributed by atoms with Gasteiger partial charge in [0.25, 0.3) is 5.56 Å². The Bertz CT molecular complexity index is 1160. The Morgan fingerprint density at radius 1 is 0.962 bits per heavy atom. The van der Waals surface area contributed by atoms with Crippen molar-refractivity contribution in [2.45, 2.75) is 13.8 Å². The van der Waals surface area contributed by atoms with Gasteiger partial charge in [0.15, 0.2) is 11.2 Å². The van der Waals surface area contributed by atoms with Crippen LogP contribution in [0.3, 0.4) is 0 Å². The summed E-state index contributed by atoms with van der Waals surface area (Å²) in [6.45, 7) is 4.05. The highest BCUT2D eigenvalue weighted by Gasteiger charge is 2.15. The van der Waals surface area contributed by atoms with E-state index in [1.165, 1.54) is 11.6 Å². The Kier molecular flexibility index (Phi) is 4.31. The van der Waals surface area contributed by atoms with Crippen LogP contribution < -0.4 is 16.0 Å². The van der Waals surface area contributed by atoms with Gasteiger partial charge in [-0.25, -0.2) is 9.78 Å². The number of imidazole rings is 1. The van der Waals surface area contributed by atoms with Crippen molar-refractivity contribution in [2.24, 2.45) is 21.1 Å². The molecular weight excluding hydrogens is 332 g/mol. The van der Waals surface area contributed by atoms with Crippen LogP contribution in [0.4, 0.5) is 0 Å². The highest BCUT2D eigenvalue weighted by atomic mass is 16.5. The standard InChI is InChI=1S/C19H22N4O3/c1-11-12(2)14(26-6)9-7-13(11)8-10-15-20-17-16(21(15)3)18(24)23(5)19(25)22(17)4/h7-10H,1-6H3/b10-8+. The van der Waals surface area contributed by atoms with Gasteiger partial charge >= 0.3 is 5.69 Å². The summed E-state index contributed by atoms with van der Waals surface area (Å²) in [5.74, 6) is 1.45. The van der Waals surface area contributed by atoms with Gasteiger partial charge in [0.1, 0.15) is 11.6 Å². The van der Waals surface area contributed by atoms with E-state index in [2.05, 4.69) is 4.98 Å². The first-order chi connectivity index (χ1) is 12.3. The Hall–Kier alpha value is -3.09. The van der Waals surface area contributed by atoms with Crippen LogP contribution in [0.1, 0.15) is 22.5 Å². The molecular formula is C19H22N4O3. The van der Waals surface area contributed by atoms with Crippen LogP contribution in [0.25, 0.3) is 23.3 Å². The summed E-state index contributed by atoms with van der Waals surface area (Å²) >= 11 is 0. The van der Waals surface area contributed by atoms with Gasteiger partial charge in [0.2, 0.25) is 0 Å². The summed E-state index contributed by atoms with van der Waals surface area (Å²) in [5.41, 5.74) is 3.27. The Morgan fingerprint density at radius 2 is 1.65 bits per heavy atom. The lowest BCUT2D eigenvalue weighted by Crippen LogP contribution is -2.37. The molecule has 0 amide bonds. The number of methoxy groups -OCH3 is 1. The van der Waals surface area contributed by atoms with Crippen LogP contribution in [0.2, 0.25) is 0 Å². The first kappa shape index (κ1) is 17.7. The van der Waals surface area contributed by atoms with E-state index in [9.17, 15) is 9.59 Å². The van der Waals surface area contributed by atoms with Crippen molar-refractivity contribution >= 4 is 23.3 Å². The molecule has 26 heavy (non-hydrogen) atoms. The lowest BCUT2D eigenvalue weighted by Gasteiger charge is -2.10. The maximum Gasteiger partial charge on any atom is 0.332 e. The normalized spacial score (nSPS) is 11.6. The Morgan fingerprint density at radius 3 is 2.31 bits per heavy atom. The summed E-state index contributed by atoms with van der Waals surface area (Å²) in [5, 5.41) is 0. The SMILES string of the molecule is COc1ccc(/C=C/c2nc3c(c(=O)n(C)c(=O)n3C)n2C)c(C)c1C. The molecule has 3 rings (SSSR count). The zero-order valence-electron chi connectivity index (χ0n) is 15.8. The zero-order valence-corrected chi connectivity index (χ0v) is 15.8. The predicted molar refractivity (Wildman–Crippen MR) is 103 cm³/mol. The van der Waals surface area contributed by atoms with Gasteiger partial charge < -0.3 is 9.30 Å². The molecule has 0 bridgehead atoms. The molecule has 0 aliphatic carbocycles. The van der Waals surface area contributed by atoms with E-state index >= 15 is 0 Å². The van der Waals surface area contributed by atoms with Crippen LogP contribution in [0, 0.1) is 13.8 Å². The van der Waals surface area contributed by atoms with Gasteiger partial charge in [-0.3, -0.25) is 13.9 Å². The molecule has 1 aromatic carbocycles. The molecule has 0 saturated heterocycles. The number of aryl methyl sites for hydroxylation is 2. The van der Waals surface area contributed by atoms with Crippen LogP contribution in [-0.2, 0) is 21.1 Å². The van der Waals surface area contributed by atoms with E-state index in [-0.39, 0.29) is 5.56 Å². The first-order valence-electron chi connectivity index (χ1n) is 8.22. The van der Waals surface area contributed by atoms with E-state index in [0.717, 1.165) is 27.0 Å². The van der Waals surface area contributed by atoms with Crippen molar-refractivity contribution in [1.29, 1.82) is 0 Å². The second-order valence-electron chi connectivity index (χ2n) is 6.35. The molecule has 0 spiro atoms. The largest absolute Gasteiger partial charge is 0.496 e. The maximum atomic E-state index is 12.4. The number of hydrogen-bond acceptors (Lipinski definition) is 4.